The van der Waals surface area contributed by atoms with E-state index in [1.807, 2.05) is 6.07 Å². The first-order chi connectivity index (χ1) is 8.61. The topological polar surface area (TPSA) is 38.1 Å². The molecular weight excluding hydrogens is 380 g/mol. The lowest BCUT2D eigenvalue weighted by Gasteiger charge is -2.08. The van der Waals surface area contributed by atoms with Crippen LogP contribution in [0.5, 0.6) is 0 Å². The third kappa shape index (κ3) is 3.23. The van der Waals surface area contributed by atoms with E-state index in [4.69, 9.17) is 4.42 Å². The van der Waals surface area contributed by atoms with E-state index in [-0.39, 0.29) is 6.04 Å². The number of thiophene rings is 1. The van der Waals surface area contributed by atoms with Crippen molar-refractivity contribution in [2.24, 2.45) is 0 Å². The van der Waals surface area contributed by atoms with Gasteiger partial charge in [0.2, 0.25) is 5.89 Å². The molecule has 2 aromatic heterocycles. The molecule has 1 N–H and O–H groups in total. The molecule has 6 heteroatoms. The summed E-state index contributed by atoms with van der Waals surface area (Å²) in [5.74, 6) is 1.55. The van der Waals surface area contributed by atoms with Gasteiger partial charge in [0, 0.05) is 4.47 Å². The van der Waals surface area contributed by atoms with E-state index in [1.165, 1.54) is 0 Å². The smallest absolute Gasteiger partial charge is 0.211 e. The molecule has 0 spiro atoms. The molecule has 0 bridgehead atoms. The van der Waals surface area contributed by atoms with Gasteiger partial charge in [0.25, 0.3) is 0 Å². The predicted octanol–water partition coefficient (Wildman–Crippen LogP) is 4.99. The number of halogens is 2. The van der Waals surface area contributed by atoms with Crippen LogP contribution in [0.1, 0.15) is 32.2 Å². The second-order valence-corrected chi connectivity index (χ2v) is 7.20. The van der Waals surface area contributed by atoms with Crippen LogP contribution in [0.25, 0.3) is 10.6 Å². The average molecular weight is 394 g/mol. The Hall–Kier alpha value is -0.170. The fraction of sp³-hybridized carbons (Fsp3) is 0.417. The molecule has 1 atom stereocenters. The Morgan fingerprint density at radius 1 is 1.50 bits per heavy atom. The number of aromatic nitrogens is 1. The summed E-state index contributed by atoms with van der Waals surface area (Å²) in [6.45, 7) is 5.17. The number of hydrogen-bond donors (Lipinski definition) is 1. The van der Waals surface area contributed by atoms with Crippen LogP contribution in [-0.2, 0) is 0 Å². The van der Waals surface area contributed by atoms with E-state index in [1.54, 1.807) is 17.5 Å². The molecule has 0 amide bonds. The Bertz CT molecular complexity index is 504. The molecule has 1 unspecified atom stereocenters. The number of nitrogens with one attached hydrogen (secondary N) is 1. The molecule has 0 aliphatic rings. The minimum atomic E-state index is 0.144. The molecule has 0 saturated carbocycles. The molecule has 2 heterocycles. The Kier molecular flexibility index (Phi) is 5.00. The van der Waals surface area contributed by atoms with Gasteiger partial charge in [0.15, 0.2) is 5.76 Å². The first-order valence-corrected chi connectivity index (χ1v) is 8.16. The lowest BCUT2D eigenvalue weighted by molar-refractivity contribution is 0.423. The first kappa shape index (κ1) is 14.2. The van der Waals surface area contributed by atoms with Gasteiger partial charge in [-0.2, -0.15) is 0 Å². The van der Waals surface area contributed by atoms with Gasteiger partial charge in [0.05, 0.1) is 20.9 Å². The van der Waals surface area contributed by atoms with E-state index in [9.17, 15) is 0 Å². The summed E-state index contributed by atoms with van der Waals surface area (Å²) in [4.78, 5) is 5.40. The quantitative estimate of drug-likeness (QED) is 0.777. The van der Waals surface area contributed by atoms with E-state index < -0.39 is 0 Å². The Morgan fingerprint density at radius 2 is 2.28 bits per heavy atom. The minimum Gasteiger partial charge on any atom is -0.438 e. The van der Waals surface area contributed by atoms with Crippen molar-refractivity contribution in [3.8, 4) is 10.6 Å². The summed E-state index contributed by atoms with van der Waals surface area (Å²) in [5, 5.41) is 3.36. The van der Waals surface area contributed by atoms with Crippen molar-refractivity contribution in [3.05, 3.63) is 26.4 Å². The summed E-state index contributed by atoms with van der Waals surface area (Å²) in [5.41, 5.74) is 0. The van der Waals surface area contributed by atoms with Crippen LogP contribution < -0.4 is 5.32 Å². The predicted molar refractivity (Wildman–Crippen MR) is 81.9 cm³/mol. The first-order valence-electron chi connectivity index (χ1n) is 5.76. The SMILES string of the molecule is CCCNC(C)c1ncc(-c2cc(Br)c(Br)s2)o1. The zero-order chi connectivity index (χ0) is 13.1. The van der Waals surface area contributed by atoms with E-state index in [0.717, 1.165) is 37.8 Å². The Balaban J connectivity index is 2.14. The molecule has 0 aliphatic heterocycles. The molecule has 18 heavy (non-hydrogen) atoms. The zero-order valence-electron chi connectivity index (χ0n) is 10.2. The summed E-state index contributed by atoms with van der Waals surface area (Å²) in [6, 6.07) is 2.17. The second-order valence-electron chi connectivity index (χ2n) is 3.97. The van der Waals surface area contributed by atoms with Gasteiger partial charge in [-0.05, 0) is 57.8 Å². The van der Waals surface area contributed by atoms with Crippen molar-refractivity contribution in [2.45, 2.75) is 26.3 Å². The van der Waals surface area contributed by atoms with Crippen LogP contribution in [0.3, 0.4) is 0 Å². The second kappa shape index (κ2) is 6.32. The van der Waals surface area contributed by atoms with Crippen molar-refractivity contribution in [1.29, 1.82) is 0 Å². The Morgan fingerprint density at radius 3 is 2.89 bits per heavy atom. The molecule has 0 saturated heterocycles. The van der Waals surface area contributed by atoms with Crippen LogP contribution in [0, 0.1) is 0 Å². The van der Waals surface area contributed by atoms with E-state index in [2.05, 4.69) is 56.0 Å². The highest BCUT2D eigenvalue weighted by molar-refractivity contribution is 9.13. The van der Waals surface area contributed by atoms with Gasteiger partial charge in [0.1, 0.15) is 0 Å². The van der Waals surface area contributed by atoms with Crippen LogP contribution in [0.4, 0.5) is 0 Å². The lowest BCUT2D eigenvalue weighted by Crippen LogP contribution is -2.19. The highest BCUT2D eigenvalue weighted by Gasteiger charge is 2.14. The number of nitrogens with zero attached hydrogens (tertiary/aromatic N) is 1. The fourth-order valence-electron chi connectivity index (χ4n) is 1.52. The molecule has 3 nitrogen and oxygen atoms in total. The largest absolute Gasteiger partial charge is 0.438 e. The number of rotatable bonds is 5. The van der Waals surface area contributed by atoms with Crippen LogP contribution in [0.15, 0.2) is 24.9 Å². The average Bonchev–Trinajstić information content (AvgIpc) is 2.94. The Labute approximate surface area is 127 Å². The third-order valence-corrected chi connectivity index (χ3v) is 5.75. The van der Waals surface area contributed by atoms with Crippen LogP contribution in [0.2, 0.25) is 0 Å². The van der Waals surface area contributed by atoms with Gasteiger partial charge in [-0.25, -0.2) is 4.98 Å². The third-order valence-electron chi connectivity index (χ3n) is 2.48. The lowest BCUT2D eigenvalue weighted by atomic mass is 10.3. The monoisotopic (exact) mass is 392 g/mol. The number of hydrogen-bond acceptors (Lipinski definition) is 4. The normalized spacial score (nSPS) is 12.9. The van der Waals surface area contributed by atoms with Gasteiger partial charge in [-0.3, -0.25) is 0 Å². The van der Waals surface area contributed by atoms with Crippen LogP contribution in [-0.4, -0.2) is 11.5 Å². The van der Waals surface area contributed by atoms with Crippen molar-refractivity contribution in [2.75, 3.05) is 6.54 Å². The standard InChI is InChI=1S/C12H14Br2N2OS/c1-3-4-15-7(2)12-16-6-9(17-12)10-5-8(13)11(14)18-10/h5-7,15H,3-4H2,1-2H3. The highest BCUT2D eigenvalue weighted by atomic mass is 79.9. The maximum absolute atomic E-state index is 5.79. The molecule has 0 radical (unpaired) electrons. The summed E-state index contributed by atoms with van der Waals surface area (Å²) >= 11 is 8.58. The molecule has 98 valence electrons. The molecule has 0 fully saturated rings. The van der Waals surface area contributed by atoms with Gasteiger partial charge in [-0.15, -0.1) is 11.3 Å². The van der Waals surface area contributed by atoms with Crippen molar-refractivity contribution >= 4 is 43.2 Å². The molecule has 2 rings (SSSR count). The summed E-state index contributed by atoms with van der Waals surface area (Å²) in [6.07, 6.45) is 2.88. The van der Waals surface area contributed by atoms with Gasteiger partial charge < -0.3 is 9.73 Å². The van der Waals surface area contributed by atoms with Gasteiger partial charge in [-0.1, -0.05) is 6.92 Å². The summed E-state index contributed by atoms with van der Waals surface area (Å²) in [7, 11) is 0. The van der Waals surface area contributed by atoms with E-state index in [0.29, 0.717) is 0 Å². The maximum atomic E-state index is 5.79. The minimum absolute atomic E-state index is 0.144. The molecule has 2 aromatic rings. The van der Waals surface area contributed by atoms with Gasteiger partial charge >= 0.3 is 0 Å². The fourth-order valence-corrected chi connectivity index (χ4v) is 3.50. The maximum Gasteiger partial charge on any atom is 0.211 e. The summed E-state index contributed by atoms with van der Waals surface area (Å²) < 4.78 is 7.89. The molecule has 0 aromatic carbocycles. The van der Waals surface area contributed by atoms with Crippen molar-refractivity contribution in [3.63, 3.8) is 0 Å². The molecular formula is C12H14Br2N2OS. The highest BCUT2D eigenvalue weighted by Crippen LogP contribution is 2.38. The van der Waals surface area contributed by atoms with Crippen molar-refractivity contribution < 1.29 is 4.42 Å². The van der Waals surface area contributed by atoms with Crippen LogP contribution >= 0.6 is 43.2 Å². The van der Waals surface area contributed by atoms with Crippen molar-refractivity contribution in [1.82, 2.24) is 10.3 Å². The van der Waals surface area contributed by atoms with E-state index >= 15 is 0 Å². The zero-order valence-corrected chi connectivity index (χ0v) is 14.2. The number of oxazole rings is 1. The molecule has 0 aliphatic carbocycles.